The maximum absolute atomic E-state index is 13.0. The van der Waals surface area contributed by atoms with Gasteiger partial charge in [0.15, 0.2) is 11.7 Å². The number of benzene rings is 1. The average Bonchev–Trinajstić information content (AvgIpc) is 2.62. The number of rotatable bonds is 11. The summed E-state index contributed by atoms with van der Waals surface area (Å²) in [6, 6.07) is 1.64. The van der Waals surface area contributed by atoms with Crippen LogP contribution in [0.15, 0.2) is 23.2 Å². The first kappa shape index (κ1) is 24.9. The van der Waals surface area contributed by atoms with Crippen LogP contribution in [0.3, 0.4) is 0 Å². The van der Waals surface area contributed by atoms with Gasteiger partial charge >= 0.3 is 12.1 Å². The fourth-order valence-electron chi connectivity index (χ4n) is 2.54. The van der Waals surface area contributed by atoms with Crippen LogP contribution >= 0.6 is 0 Å². The van der Waals surface area contributed by atoms with Gasteiger partial charge in [-0.15, -0.1) is 0 Å². The van der Waals surface area contributed by atoms with Gasteiger partial charge in [0, 0.05) is 18.4 Å². The van der Waals surface area contributed by atoms with E-state index in [1.165, 1.54) is 0 Å². The van der Waals surface area contributed by atoms with Crippen molar-refractivity contribution in [1.29, 1.82) is 0 Å². The molecule has 0 saturated carbocycles. The summed E-state index contributed by atoms with van der Waals surface area (Å²) in [4.78, 5) is 38.2. The monoisotopic (exact) mass is 432 g/mol. The van der Waals surface area contributed by atoms with Gasteiger partial charge in [-0.1, -0.05) is 0 Å². The SMILES string of the molecule is NC(N)=Nc1cc(C(=O)CCCCC(=O)NC(CO)CC(=O)O)cc(C(F)(F)F)c1. The number of hydrogen-bond acceptors (Lipinski definition) is 5. The molecule has 0 spiro atoms. The van der Waals surface area contributed by atoms with E-state index in [1.807, 2.05) is 0 Å². The summed E-state index contributed by atoms with van der Waals surface area (Å²) in [5, 5.41) is 20.0. The molecule has 7 N–H and O–H groups in total. The van der Waals surface area contributed by atoms with Crippen LogP contribution in [0, 0.1) is 0 Å². The highest BCUT2D eigenvalue weighted by Gasteiger charge is 2.31. The molecule has 0 saturated heterocycles. The number of carbonyl (C=O) groups excluding carboxylic acids is 2. The summed E-state index contributed by atoms with van der Waals surface area (Å²) in [6.07, 6.45) is -4.83. The van der Waals surface area contributed by atoms with E-state index >= 15 is 0 Å². The number of nitrogens with two attached hydrogens (primary N) is 2. The van der Waals surface area contributed by atoms with Gasteiger partial charge in [0.05, 0.1) is 30.3 Å². The molecule has 30 heavy (non-hydrogen) atoms. The third-order valence-corrected chi connectivity index (χ3v) is 3.89. The molecular weight excluding hydrogens is 409 g/mol. The number of halogens is 3. The smallest absolute Gasteiger partial charge is 0.416 e. The number of aliphatic hydroxyl groups excluding tert-OH is 1. The molecule has 0 aliphatic rings. The number of aliphatic carboxylic acids is 1. The lowest BCUT2D eigenvalue weighted by Crippen LogP contribution is -2.38. The second-order valence-corrected chi connectivity index (χ2v) is 6.48. The molecule has 1 amide bonds. The van der Waals surface area contributed by atoms with E-state index in [0.717, 1.165) is 12.1 Å². The number of unbranched alkanes of at least 4 members (excludes halogenated alkanes) is 1. The third-order valence-electron chi connectivity index (χ3n) is 3.89. The highest BCUT2D eigenvalue weighted by Crippen LogP contribution is 2.33. The molecule has 1 unspecified atom stereocenters. The largest absolute Gasteiger partial charge is 0.481 e. The molecule has 0 aromatic heterocycles. The molecule has 0 heterocycles. The Bertz CT molecular complexity index is 808. The second-order valence-electron chi connectivity index (χ2n) is 6.48. The van der Waals surface area contributed by atoms with Gasteiger partial charge in [-0.3, -0.25) is 14.4 Å². The zero-order valence-electron chi connectivity index (χ0n) is 15.9. The summed E-state index contributed by atoms with van der Waals surface area (Å²) in [7, 11) is 0. The van der Waals surface area contributed by atoms with Crippen molar-refractivity contribution in [3.05, 3.63) is 29.3 Å². The van der Waals surface area contributed by atoms with Crippen molar-refractivity contribution in [2.45, 2.75) is 44.3 Å². The van der Waals surface area contributed by atoms with Crippen molar-refractivity contribution in [2.24, 2.45) is 16.5 Å². The molecule has 0 aliphatic heterocycles. The molecule has 0 fully saturated rings. The number of guanidine groups is 1. The lowest BCUT2D eigenvalue weighted by atomic mass is 10.0. The van der Waals surface area contributed by atoms with Crippen LogP contribution in [0.5, 0.6) is 0 Å². The Morgan fingerprint density at radius 1 is 1.10 bits per heavy atom. The predicted molar refractivity (Wildman–Crippen MR) is 101 cm³/mol. The van der Waals surface area contributed by atoms with Crippen LogP contribution < -0.4 is 16.8 Å². The molecule has 0 aliphatic carbocycles. The molecule has 0 bridgehead atoms. The normalized spacial score (nSPS) is 12.1. The van der Waals surface area contributed by atoms with Crippen molar-refractivity contribution >= 4 is 29.3 Å². The maximum Gasteiger partial charge on any atom is 0.416 e. The van der Waals surface area contributed by atoms with Gasteiger partial charge in [-0.05, 0) is 31.0 Å². The first-order chi connectivity index (χ1) is 13.9. The summed E-state index contributed by atoms with van der Waals surface area (Å²) in [6.45, 7) is -0.537. The van der Waals surface area contributed by atoms with Crippen LogP contribution in [-0.4, -0.2) is 46.5 Å². The summed E-state index contributed by atoms with van der Waals surface area (Å²) in [5.74, 6) is -2.71. The number of carboxylic acids is 1. The molecule has 1 aromatic carbocycles. The number of nitrogens with zero attached hydrogens (tertiary/aromatic N) is 1. The average molecular weight is 432 g/mol. The highest BCUT2D eigenvalue weighted by molar-refractivity contribution is 5.97. The topological polar surface area (TPSA) is 168 Å². The van der Waals surface area contributed by atoms with Gasteiger partial charge in [-0.2, -0.15) is 13.2 Å². The number of hydrogen-bond donors (Lipinski definition) is 5. The van der Waals surface area contributed by atoms with E-state index in [-0.39, 0.29) is 36.9 Å². The van der Waals surface area contributed by atoms with Gasteiger partial charge in [0.25, 0.3) is 0 Å². The lowest BCUT2D eigenvalue weighted by molar-refractivity contribution is -0.138. The van der Waals surface area contributed by atoms with Crippen molar-refractivity contribution in [1.82, 2.24) is 5.32 Å². The molecule has 0 radical (unpaired) electrons. The zero-order valence-corrected chi connectivity index (χ0v) is 15.9. The number of carbonyl (C=O) groups is 3. The number of alkyl halides is 3. The Labute approximate surface area is 170 Å². The summed E-state index contributed by atoms with van der Waals surface area (Å²) >= 11 is 0. The fraction of sp³-hybridized carbons (Fsp3) is 0.444. The quantitative estimate of drug-likeness (QED) is 0.152. The molecule has 12 heteroatoms. The Hall–Kier alpha value is -3.15. The van der Waals surface area contributed by atoms with Gasteiger partial charge in [0.2, 0.25) is 5.91 Å². The van der Waals surface area contributed by atoms with Crippen molar-refractivity contribution in [2.75, 3.05) is 6.61 Å². The number of Topliss-reactive ketones (excluding diaryl/α,β-unsaturated/α-hetero) is 1. The Morgan fingerprint density at radius 3 is 2.27 bits per heavy atom. The van der Waals surface area contributed by atoms with E-state index in [1.54, 1.807) is 0 Å². The number of aliphatic imine (C=N–C) groups is 1. The van der Waals surface area contributed by atoms with Gasteiger partial charge in [-0.25, -0.2) is 4.99 Å². The van der Waals surface area contributed by atoms with E-state index in [9.17, 15) is 27.6 Å². The summed E-state index contributed by atoms with van der Waals surface area (Å²) < 4.78 is 39.1. The minimum atomic E-state index is -4.69. The van der Waals surface area contributed by atoms with Gasteiger partial charge < -0.3 is 27.0 Å². The van der Waals surface area contributed by atoms with Crippen molar-refractivity contribution in [3.63, 3.8) is 0 Å². The number of ketones is 1. The fourth-order valence-corrected chi connectivity index (χ4v) is 2.54. The first-order valence-corrected chi connectivity index (χ1v) is 8.89. The van der Waals surface area contributed by atoms with Crippen molar-refractivity contribution < 1.29 is 37.8 Å². The van der Waals surface area contributed by atoms with E-state index in [4.69, 9.17) is 21.7 Å². The highest BCUT2D eigenvalue weighted by atomic mass is 19.4. The van der Waals surface area contributed by atoms with Crippen LogP contribution in [0.1, 0.15) is 48.0 Å². The van der Waals surface area contributed by atoms with Gasteiger partial charge in [0.1, 0.15) is 0 Å². The molecule has 9 nitrogen and oxygen atoms in total. The van der Waals surface area contributed by atoms with E-state index in [0.29, 0.717) is 6.07 Å². The number of carboxylic acid groups (broad SMARTS) is 1. The van der Waals surface area contributed by atoms with E-state index in [2.05, 4.69) is 10.3 Å². The maximum atomic E-state index is 13.0. The first-order valence-electron chi connectivity index (χ1n) is 8.89. The standard InChI is InChI=1S/C18H23F3N4O5/c19-18(20,21)11-5-10(6-12(7-11)25-17(22)23)14(27)3-1-2-4-15(28)24-13(9-26)8-16(29)30/h5-7,13,26H,1-4,8-9H2,(H,24,28)(H,29,30)(H4,22,23,25). The minimum Gasteiger partial charge on any atom is -0.481 e. The molecular formula is C18H23F3N4O5. The Morgan fingerprint density at radius 2 is 1.73 bits per heavy atom. The third kappa shape index (κ3) is 8.90. The zero-order chi connectivity index (χ0) is 22.9. The Balaban J connectivity index is 2.67. The molecule has 1 aromatic rings. The second kappa shape index (κ2) is 11.1. The van der Waals surface area contributed by atoms with Crippen LogP contribution in [0.2, 0.25) is 0 Å². The number of nitrogens with one attached hydrogen (secondary N) is 1. The van der Waals surface area contributed by atoms with Crippen molar-refractivity contribution in [3.8, 4) is 0 Å². The number of amides is 1. The number of aliphatic hydroxyl groups is 1. The Kier molecular flexibility index (Phi) is 9.24. The minimum absolute atomic E-state index is 0.0365. The molecule has 166 valence electrons. The van der Waals surface area contributed by atoms with Crippen LogP contribution in [0.4, 0.5) is 18.9 Å². The molecule has 1 atom stereocenters. The van der Waals surface area contributed by atoms with Crippen LogP contribution in [-0.2, 0) is 15.8 Å². The van der Waals surface area contributed by atoms with Crippen LogP contribution in [0.25, 0.3) is 0 Å². The van der Waals surface area contributed by atoms with E-state index < -0.39 is 54.4 Å². The molecule has 1 rings (SSSR count). The predicted octanol–water partition coefficient (Wildman–Crippen LogP) is 1.31. The summed E-state index contributed by atoms with van der Waals surface area (Å²) in [5.41, 5.74) is 8.88. The lowest BCUT2D eigenvalue weighted by Gasteiger charge is -2.14.